The quantitative estimate of drug-likeness (QED) is 0.559. The van der Waals surface area contributed by atoms with Gasteiger partial charge in [0.15, 0.2) is 11.5 Å². The number of ether oxygens (including phenoxy) is 1. The SMILES string of the molecule is Oc1ccccc1Oc1cc(Cl)c(Cl)c(Cl)c1Cl. The molecule has 2 aromatic carbocycles. The van der Waals surface area contributed by atoms with Crippen LogP contribution in [0.3, 0.4) is 0 Å². The van der Waals surface area contributed by atoms with Crippen molar-refractivity contribution in [2.45, 2.75) is 0 Å². The molecule has 0 unspecified atom stereocenters. The summed E-state index contributed by atoms with van der Waals surface area (Å²) in [6.45, 7) is 0. The lowest BCUT2D eigenvalue weighted by Gasteiger charge is -2.11. The molecule has 0 aromatic heterocycles. The second-order valence-electron chi connectivity index (χ2n) is 3.37. The third-order valence-corrected chi connectivity index (χ3v) is 3.89. The van der Waals surface area contributed by atoms with Gasteiger partial charge in [0.05, 0.1) is 15.1 Å². The van der Waals surface area contributed by atoms with E-state index in [1.807, 2.05) is 0 Å². The zero-order valence-corrected chi connectivity index (χ0v) is 11.8. The Morgan fingerprint density at radius 1 is 0.833 bits per heavy atom. The molecule has 2 rings (SSSR count). The van der Waals surface area contributed by atoms with Crippen LogP contribution >= 0.6 is 46.4 Å². The van der Waals surface area contributed by atoms with Gasteiger partial charge in [0.25, 0.3) is 0 Å². The summed E-state index contributed by atoms with van der Waals surface area (Å²) in [6.07, 6.45) is 0. The van der Waals surface area contributed by atoms with Crippen molar-refractivity contribution in [1.82, 2.24) is 0 Å². The number of halogens is 4. The standard InChI is InChI=1S/C12H6Cl4O2/c13-6-5-9(11(15)12(16)10(6)14)18-8-4-2-1-3-7(8)17/h1-5,17H. The van der Waals surface area contributed by atoms with E-state index >= 15 is 0 Å². The normalized spacial score (nSPS) is 10.4. The molecule has 0 atom stereocenters. The molecule has 94 valence electrons. The molecule has 0 aliphatic carbocycles. The molecule has 0 radical (unpaired) electrons. The average molecular weight is 324 g/mol. The highest BCUT2D eigenvalue weighted by Gasteiger charge is 2.15. The Balaban J connectivity index is 2.45. The highest BCUT2D eigenvalue weighted by atomic mass is 35.5. The van der Waals surface area contributed by atoms with Crippen molar-refractivity contribution in [3.05, 3.63) is 50.4 Å². The summed E-state index contributed by atoms with van der Waals surface area (Å²) >= 11 is 23.6. The van der Waals surface area contributed by atoms with E-state index < -0.39 is 0 Å². The van der Waals surface area contributed by atoms with Gasteiger partial charge in [-0.1, -0.05) is 58.5 Å². The van der Waals surface area contributed by atoms with Crippen LogP contribution in [0.1, 0.15) is 0 Å². The van der Waals surface area contributed by atoms with Gasteiger partial charge in [0, 0.05) is 6.07 Å². The van der Waals surface area contributed by atoms with Gasteiger partial charge < -0.3 is 9.84 Å². The van der Waals surface area contributed by atoms with Crippen LogP contribution in [0, 0.1) is 0 Å². The minimum absolute atomic E-state index is 0.0178. The van der Waals surface area contributed by atoms with Crippen LogP contribution in [0.15, 0.2) is 30.3 Å². The molecule has 0 fully saturated rings. The molecule has 0 saturated heterocycles. The van der Waals surface area contributed by atoms with Gasteiger partial charge >= 0.3 is 0 Å². The topological polar surface area (TPSA) is 29.5 Å². The second kappa shape index (κ2) is 5.45. The van der Waals surface area contributed by atoms with Crippen molar-refractivity contribution in [3.8, 4) is 17.2 Å². The van der Waals surface area contributed by atoms with Gasteiger partial charge in [-0.3, -0.25) is 0 Å². The largest absolute Gasteiger partial charge is 0.504 e. The zero-order chi connectivity index (χ0) is 13.3. The number of benzene rings is 2. The molecule has 0 aliphatic heterocycles. The van der Waals surface area contributed by atoms with Crippen molar-refractivity contribution in [2.24, 2.45) is 0 Å². The first-order chi connectivity index (χ1) is 8.50. The number of aromatic hydroxyl groups is 1. The summed E-state index contributed by atoms with van der Waals surface area (Å²) in [5.74, 6) is 0.446. The molecular formula is C12H6Cl4O2. The number of hydrogen-bond donors (Lipinski definition) is 1. The van der Waals surface area contributed by atoms with Gasteiger partial charge in [-0.2, -0.15) is 0 Å². The van der Waals surface area contributed by atoms with Gasteiger partial charge in [-0.25, -0.2) is 0 Å². The molecule has 6 heteroatoms. The van der Waals surface area contributed by atoms with E-state index in [0.717, 1.165) is 0 Å². The third-order valence-electron chi connectivity index (χ3n) is 2.15. The fourth-order valence-electron chi connectivity index (χ4n) is 1.29. The Hall–Kier alpha value is -0.800. The molecular weight excluding hydrogens is 318 g/mol. The summed E-state index contributed by atoms with van der Waals surface area (Å²) in [4.78, 5) is 0. The van der Waals surface area contributed by atoms with Crippen molar-refractivity contribution in [1.29, 1.82) is 0 Å². The number of phenols is 1. The van der Waals surface area contributed by atoms with Crippen LogP contribution in [-0.2, 0) is 0 Å². The fourth-order valence-corrected chi connectivity index (χ4v) is 2.11. The molecule has 0 aliphatic rings. The monoisotopic (exact) mass is 322 g/mol. The van der Waals surface area contributed by atoms with E-state index in [0.29, 0.717) is 0 Å². The molecule has 1 N–H and O–H groups in total. The Morgan fingerprint density at radius 3 is 2.17 bits per heavy atom. The highest BCUT2D eigenvalue weighted by molar-refractivity contribution is 6.52. The van der Waals surface area contributed by atoms with Crippen LogP contribution < -0.4 is 4.74 Å². The zero-order valence-electron chi connectivity index (χ0n) is 8.75. The summed E-state index contributed by atoms with van der Waals surface area (Å²) < 4.78 is 5.45. The van der Waals surface area contributed by atoms with Crippen LogP contribution in [0.2, 0.25) is 20.1 Å². The number of phenolic OH excluding ortho intramolecular Hbond substituents is 1. The Kier molecular flexibility index (Phi) is 4.13. The maximum Gasteiger partial charge on any atom is 0.169 e. The number of para-hydroxylation sites is 2. The first-order valence-electron chi connectivity index (χ1n) is 4.79. The lowest BCUT2D eigenvalue weighted by molar-refractivity contribution is 0.411. The molecule has 0 saturated carbocycles. The first kappa shape index (κ1) is 13.6. The lowest BCUT2D eigenvalue weighted by atomic mass is 10.3. The smallest absolute Gasteiger partial charge is 0.169 e. The summed E-state index contributed by atoms with van der Waals surface area (Å²) in [5, 5.41) is 10.2. The van der Waals surface area contributed by atoms with E-state index in [4.69, 9.17) is 51.1 Å². The molecule has 0 amide bonds. The van der Waals surface area contributed by atoms with Crippen LogP contribution in [0.5, 0.6) is 17.2 Å². The summed E-state index contributed by atoms with van der Waals surface area (Å²) in [5.41, 5.74) is 0. The minimum Gasteiger partial charge on any atom is -0.504 e. The predicted molar refractivity (Wildman–Crippen MR) is 74.7 cm³/mol. The lowest BCUT2D eigenvalue weighted by Crippen LogP contribution is -1.87. The fraction of sp³-hybridized carbons (Fsp3) is 0. The average Bonchev–Trinajstić information content (AvgIpc) is 2.36. The van der Waals surface area contributed by atoms with Gasteiger partial charge in [-0.05, 0) is 12.1 Å². The Bertz CT molecular complexity index is 599. The van der Waals surface area contributed by atoms with Crippen molar-refractivity contribution in [2.75, 3.05) is 0 Å². The third kappa shape index (κ3) is 2.62. The highest BCUT2D eigenvalue weighted by Crippen LogP contribution is 2.44. The Labute approximate surface area is 124 Å². The van der Waals surface area contributed by atoms with Gasteiger partial charge in [0.1, 0.15) is 10.8 Å². The predicted octanol–water partition coefficient (Wildman–Crippen LogP) is 5.80. The molecule has 0 spiro atoms. The molecule has 18 heavy (non-hydrogen) atoms. The van der Waals surface area contributed by atoms with Crippen molar-refractivity contribution < 1.29 is 9.84 Å². The second-order valence-corrected chi connectivity index (χ2v) is 4.91. The van der Waals surface area contributed by atoms with E-state index in [1.165, 1.54) is 12.1 Å². The minimum atomic E-state index is -0.0178. The summed E-state index contributed by atoms with van der Waals surface area (Å²) in [7, 11) is 0. The van der Waals surface area contributed by atoms with Gasteiger partial charge in [-0.15, -0.1) is 0 Å². The van der Waals surface area contributed by atoms with E-state index in [9.17, 15) is 5.11 Å². The maximum absolute atomic E-state index is 9.60. The van der Waals surface area contributed by atoms with Crippen molar-refractivity contribution >= 4 is 46.4 Å². The number of hydrogen-bond acceptors (Lipinski definition) is 2. The van der Waals surface area contributed by atoms with Crippen molar-refractivity contribution in [3.63, 3.8) is 0 Å². The van der Waals surface area contributed by atoms with E-state index in [1.54, 1.807) is 18.2 Å². The van der Waals surface area contributed by atoms with Crippen LogP contribution in [0.25, 0.3) is 0 Å². The molecule has 2 nitrogen and oxygen atoms in total. The van der Waals surface area contributed by atoms with Crippen LogP contribution in [0.4, 0.5) is 0 Å². The molecule has 2 aromatic rings. The van der Waals surface area contributed by atoms with E-state index in [2.05, 4.69) is 0 Å². The molecule has 0 heterocycles. The maximum atomic E-state index is 9.60. The number of rotatable bonds is 2. The van der Waals surface area contributed by atoms with E-state index in [-0.39, 0.29) is 37.3 Å². The Morgan fingerprint density at radius 2 is 1.50 bits per heavy atom. The summed E-state index contributed by atoms with van der Waals surface area (Å²) in [6, 6.07) is 7.89. The first-order valence-corrected chi connectivity index (χ1v) is 6.30. The molecule has 0 bridgehead atoms. The van der Waals surface area contributed by atoms with Crippen LogP contribution in [-0.4, -0.2) is 5.11 Å². The van der Waals surface area contributed by atoms with Gasteiger partial charge in [0.2, 0.25) is 0 Å².